The fourth-order valence-electron chi connectivity index (χ4n) is 3.91. The summed E-state index contributed by atoms with van der Waals surface area (Å²) in [6, 6.07) is 10.4. The van der Waals surface area contributed by atoms with Crippen LogP contribution in [0.15, 0.2) is 47.2 Å². The van der Waals surface area contributed by atoms with E-state index in [0.717, 1.165) is 31.8 Å². The van der Waals surface area contributed by atoms with Gasteiger partial charge in [0.25, 0.3) is 5.91 Å². The maximum Gasteiger partial charge on any atom is 0.259 e. The lowest BCUT2D eigenvalue weighted by Gasteiger charge is -2.32. The summed E-state index contributed by atoms with van der Waals surface area (Å²) in [6.07, 6.45) is 5.89. The molecule has 6 nitrogen and oxygen atoms in total. The molecule has 1 amide bonds. The number of carbonyl (C=O) groups excluding carboxylic acids is 1. The summed E-state index contributed by atoms with van der Waals surface area (Å²) in [7, 11) is 0. The van der Waals surface area contributed by atoms with Crippen LogP contribution >= 0.6 is 0 Å². The monoisotopic (exact) mass is 364 g/mol. The molecule has 3 heterocycles. The summed E-state index contributed by atoms with van der Waals surface area (Å²) in [4.78, 5) is 19.5. The first-order valence-corrected chi connectivity index (χ1v) is 9.40. The summed E-state index contributed by atoms with van der Waals surface area (Å²) in [6.45, 7) is 5.84. The van der Waals surface area contributed by atoms with E-state index in [1.165, 1.54) is 5.56 Å². The number of likely N-dealkylation sites (tertiary alicyclic amines) is 1. The molecule has 0 unspecified atom stereocenters. The fraction of sp³-hybridized carbons (Fsp3) is 0.381. The Kier molecular flexibility index (Phi) is 4.79. The van der Waals surface area contributed by atoms with Crippen LogP contribution in [0.5, 0.6) is 0 Å². The number of nitrogens with zero attached hydrogens (tertiary/aromatic N) is 4. The van der Waals surface area contributed by atoms with Crippen LogP contribution in [0.25, 0.3) is 0 Å². The fourth-order valence-corrected chi connectivity index (χ4v) is 3.91. The van der Waals surface area contributed by atoms with Gasteiger partial charge in [0.1, 0.15) is 17.1 Å². The Morgan fingerprint density at radius 2 is 2.07 bits per heavy atom. The lowest BCUT2D eigenvalue weighted by Crippen LogP contribution is -2.40. The van der Waals surface area contributed by atoms with Crippen molar-refractivity contribution in [3.63, 3.8) is 0 Å². The van der Waals surface area contributed by atoms with Crippen LogP contribution in [0, 0.1) is 13.8 Å². The first-order valence-electron chi connectivity index (χ1n) is 9.40. The third kappa shape index (κ3) is 3.52. The van der Waals surface area contributed by atoms with Gasteiger partial charge >= 0.3 is 0 Å². The summed E-state index contributed by atoms with van der Waals surface area (Å²) >= 11 is 0. The van der Waals surface area contributed by atoms with Gasteiger partial charge in [-0.25, -0.2) is 4.98 Å². The largest absolute Gasteiger partial charge is 0.361 e. The van der Waals surface area contributed by atoms with Crippen LogP contribution in [-0.4, -0.2) is 38.6 Å². The number of amides is 1. The van der Waals surface area contributed by atoms with Crippen LogP contribution in [-0.2, 0) is 6.54 Å². The molecule has 0 N–H and O–H groups in total. The third-order valence-corrected chi connectivity index (χ3v) is 5.26. The molecule has 2 aromatic heterocycles. The number of rotatable bonds is 4. The maximum absolute atomic E-state index is 13.0. The molecule has 1 saturated heterocycles. The molecular weight excluding hydrogens is 340 g/mol. The van der Waals surface area contributed by atoms with Gasteiger partial charge in [0, 0.05) is 37.9 Å². The van der Waals surface area contributed by atoms with Crippen molar-refractivity contribution in [1.29, 1.82) is 0 Å². The second-order valence-corrected chi connectivity index (χ2v) is 7.19. The molecule has 3 aromatic rings. The lowest BCUT2D eigenvalue weighted by molar-refractivity contribution is 0.0701. The van der Waals surface area contributed by atoms with Crippen molar-refractivity contribution in [2.24, 2.45) is 0 Å². The van der Waals surface area contributed by atoms with Crippen LogP contribution in [0.2, 0.25) is 0 Å². The van der Waals surface area contributed by atoms with Crippen molar-refractivity contribution in [3.8, 4) is 0 Å². The number of carbonyl (C=O) groups is 1. The van der Waals surface area contributed by atoms with E-state index in [1.54, 1.807) is 6.92 Å². The molecule has 0 spiro atoms. The van der Waals surface area contributed by atoms with E-state index in [0.29, 0.717) is 23.6 Å². The average molecular weight is 364 g/mol. The lowest BCUT2D eigenvalue weighted by atomic mass is 9.96. The van der Waals surface area contributed by atoms with Crippen molar-refractivity contribution >= 4 is 5.91 Å². The number of imidazole rings is 1. The Bertz CT molecular complexity index is 909. The van der Waals surface area contributed by atoms with E-state index >= 15 is 0 Å². The first kappa shape index (κ1) is 17.5. The summed E-state index contributed by atoms with van der Waals surface area (Å²) in [5.41, 5.74) is 2.50. The normalized spacial score (nSPS) is 17.3. The maximum atomic E-state index is 13.0. The summed E-state index contributed by atoms with van der Waals surface area (Å²) in [5, 5.41) is 3.92. The molecule has 1 atom stereocenters. The molecular formula is C21H24N4O2. The van der Waals surface area contributed by atoms with Gasteiger partial charge in [-0.1, -0.05) is 35.5 Å². The van der Waals surface area contributed by atoms with Crippen LogP contribution in [0.3, 0.4) is 0 Å². The number of hydrogen-bond donors (Lipinski definition) is 0. The summed E-state index contributed by atoms with van der Waals surface area (Å²) < 4.78 is 7.38. The Morgan fingerprint density at radius 1 is 1.26 bits per heavy atom. The number of hydrogen-bond acceptors (Lipinski definition) is 4. The average Bonchev–Trinajstić information content (AvgIpc) is 3.28. The molecule has 4 rings (SSSR count). The Morgan fingerprint density at radius 3 is 2.81 bits per heavy atom. The van der Waals surface area contributed by atoms with E-state index in [4.69, 9.17) is 4.52 Å². The smallest absolute Gasteiger partial charge is 0.259 e. The van der Waals surface area contributed by atoms with Gasteiger partial charge in [0.15, 0.2) is 0 Å². The highest BCUT2D eigenvalue weighted by Crippen LogP contribution is 2.28. The zero-order valence-electron chi connectivity index (χ0n) is 15.8. The quantitative estimate of drug-likeness (QED) is 0.710. The molecule has 27 heavy (non-hydrogen) atoms. The van der Waals surface area contributed by atoms with Crippen molar-refractivity contribution < 1.29 is 9.32 Å². The molecule has 0 bridgehead atoms. The molecule has 1 fully saturated rings. The van der Waals surface area contributed by atoms with Crippen molar-refractivity contribution in [2.75, 3.05) is 13.1 Å². The molecule has 140 valence electrons. The van der Waals surface area contributed by atoms with Gasteiger partial charge in [-0.2, -0.15) is 0 Å². The molecule has 1 aliphatic rings. The number of aromatic nitrogens is 3. The van der Waals surface area contributed by atoms with Crippen LogP contribution < -0.4 is 0 Å². The number of piperidine rings is 1. The molecule has 0 radical (unpaired) electrons. The Labute approximate surface area is 158 Å². The van der Waals surface area contributed by atoms with Gasteiger partial charge in [0.05, 0.1) is 5.69 Å². The standard InChI is InChI=1S/C21H24N4O2/c1-15-19(16(2)27-23-15)21(26)25-11-6-9-18(14-25)20-22-10-12-24(20)13-17-7-4-3-5-8-17/h3-5,7-8,10,12,18H,6,9,11,13-14H2,1-2H3/t18-/m1/s1. The Hall–Kier alpha value is -2.89. The third-order valence-electron chi connectivity index (χ3n) is 5.26. The zero-order chi connectivity index (χ0) is 18.8. The first-order chi connectivity index (χ1) is 13.1. The minimum absolute atomic E-state index is 0.0112. The second-order valence-electron chi connectivity index (χ2n) is 7.19. The van der Waals surface area contributed by atoms with Crippen LogP contribution in [0.4, 0.5) is 0 Å². The predicted molar refractivity (Wildman–Crippen MR) is 102 cm³/mol. The Balaban J connectivity index is 1.52. The van der Waals surface area contributed by atoms with Gasteiger partial charge in [-0.05, 0) is 32.3 Å². The SMILES string of the molecule is Cc1noc(C)c1C(=O)N1CCC[C@@H](c2nccn2Cc2ccccc2)C1. The van der Waals surface area contributed by atoms with Gasteiger partial charge in [-0.15, -0.1) is 0 Å². The minimum atomic E-state index is 0.0112. The highest BCUT2D eigenvalue weighted by atomic mass is 16.5. The van der Waals surface area contributed by atoms with E-state index < -0.39 is 0 Å². The van der Waals surface area contributed by atoms with Crippen molar-refractivity contribution in [1.82, 2.24) is 19.6 Å². The molecule has 0 saturated carbocycles. The molecule has 0 aliphatic carbocycles. The zero-order valence-corrected chi connectivity index (χ0v) is 15.8. The van der Waals surface area contributed by atoms with Crippen molar-refractivity contribution in [3.05, 3.63) is 71.1 Å². The van der Waals surface area contributed by atoms with Gasteiger partial charge in [-0.3, -0.25) is 4.79 Å². The van der Waals surface area contributed by atoms with Gasteiger partial charge in [0.2, 0.25) is 0 Å². The molecule has 1 aromatic carbocycles. The van der Waals surface area contributed by atoms with E-state index in [-0.39, 0.29) is 11.8 Å². The highest BCUT2D eigenvalue weighted by Gasteiger charge is 2.30. The number of benzene rings is 1. The predicted octanol–water partition coefficient (Wildman–Crippen LogP) is 3.56. The van der Waals surface area contributed by atoms with E-state index in [1.807, 2.05) is 30.3 Å². The molecule has 6 heteroatoms. The minimum Gasteiger partial charge on any atom is -0.361 e. The highest BCUT2D eigenvalue weighted by molar-refractivity contribution is 5.96. The number of aryl methyl sites for hydroxylation is 2. The van der Waals surface area contributed by atoms with E-state index in [2.05, 4.69) is 39.0 Å². The summed E-state index contributed by atoms with van der Waals surface area (Å²) in [5.74, 6) is 1.89. The van der Waals surface area contributed by atoms with Gasteiger partial charge < -0.3 is 14.0 Å². The van der Waals surface area contributed by atoms with E-state index in [9.17, 15) is 4.79 Å². The molecule has 1 aliphatic heterocycles. The van der Waals surface area contributed by atoms with Crippen LogP contribution in [0.1, 0.15) is 52.0 Å². The second kappa shape index (κ2) is 7.39. The topological polar surface area (TPSA) is 64.2 Å². The van der Waals surface area contributed by atoms with Crippen molar-refractivity contribution in [2.45, 2.75) is 39.2 Å².